The fourth-order valence-electron chi connectivity index (χ4n) is 1.55. The standard InChI is InChI=1S/C10H10F3NO2/c1-15-8-5-7-9(16-3-2-14-7)4-6(8)10(11,12)13/h4-5,14H,2-3H2,1H3. The zero-order valence-corrected chi connectivity index (χ0v) is 8.52. The van der Waals surface area contributed by atoms with Crippen molar-refractivity contribution in [3.63, 3.8) is 0 Å². The van der Waals surface area contributed by atoms with Gasteiger partial charge in [-0.1, -0.05) is 0 Å². The normalized spacial score (nSPS) is 14.8. The molecule has 0 aliphatic carbocycles. The first-order valence-electron chi connectivity index (χ1n) is 4.68. The molecule has 3 nitrogen and oxygen atoms in total. The second kappa shape index (κ2) is 3.77. The van der Waals surface area contributed by atoms with Gasteiger partial charge in [0.1, 0.15) is 23.7 Å². The summed E-state index contributed by atoms with van der Waals surface area (Å²) in [4.78, 5) is 0. The Balaban J connectivity index is 2.52. The minimum Gasteiger partial charge on any atom is -0.496 e. The van der Waals surface area contributed by atoms with Crippen molar-refractivity contribution >= 4 is 5.69 Å². The van der Waals surface area contributed by atoms with Crippen LogP contribution in [-0.4, -0.2) is 20.3 Å². The number of anilines is 1. The lowest BCUT2D eigenvalue weighted by atomic mass is 10.1. The van der Waals surface area contributed by atoms with Crippen LogP contribution < -0.4 is 14.8 Å². The highest BCUT2D eigenvalue weighted by Crippen LogP contribution is 2.42. The molecule has 0 saturated heterocycles. The molecule has 0 saturated carbocycles. The van der Waals surface area contributed by atoms with Crippen LogP contribution in [0.3, 0.4) is 0 Å². The van der Waals surface area contributed by atoms with Crippen molar-refractivity contribution in [2.45, 2.75) is 6.18 Å². The zero-order valence-electron chi connectivity index (χ0n) is 8.52. The van der Waals surface area contributed by atoms with Crippen molar-refractivity contribution in [3.05, 3.63) is 17.7 Å². The number of hydrogen-bond donors (Lipinski definition) is 1. The van der Waals surface area contributed by atoms with Gasteiger partial charge in [-0.05, 0) is 6.07 Å². The van der Waals surface area contributed by atoms with Gasteiger partial charge in [0, 0.05) is 12.6 Å². The molecular formula is C10H10F3NO2. The fraction of sp³-hybridized carbons (Fsp3) is 0.400. The van der Waals surface area contributed by atoms with Crippen molar-refractivity contribution in [2.75, 3.05) is 25.6 Å². The molecule has 1 heterocycles. The number of methoxy groups -OCH3 is 1. The third-order valence-corrected chi connectivity index (χ3v) is 2.28. The summed E-state index contributed by atoms with van der Waals surface area (Å²) >= 11 is 0. The number of benzene rings is 1. The molecule has 1 aromatic carbocycles. The average molecular weight is 233 g/mol. The van der Waals surface area contributed by atoms with E-state index >= 15 is 0 Å². The van der Waals surface area contributed by atoms with Gasteiger partial charge in [0.25, 0.3) is 0 Å². The van der Waals surface area contributed by atoms with Gasteiger partial charge < -0.3 is 14.8 Å². The van der Waals surface area contributed by atoms with Gasteiger partial charge in [0.05, 0.1) is 12.8 Å². The Hall–Kier alpha value is -1.59. The van der Waals surface area contributed by atoms with Crippen LogP contribution in [0, 0.1) is 0 Å². The smallest absolute Gasteiger partial charge is 0.420 e. The van der Waals surface area contributed by atoms with Gasteiger partial charge in [-0.15, -0.1) is 0 Å². The average Bonchev–Trinajstić information content (AvgIpc) is 2.26. The van der Waals surface area contributed by atoms with E-state index in [-0.39, 0.29) is 11.5 Å². The Morgan fingerprint density at radius 3 is 2.75 bits per heavy atom. The summed E-state index contributed by atoms with van der Waals surface area (Å²) in [6.07, 6.45) is -4.44. The number of nitrogens with one attached hydrogen (secondary N) is 1. The number of hydrogen-bond acceptors (Lipinski definition) is 3. The van der Waals surface area contributed by atoms with Crippen LogP contribution in [0.4, 0.5) is 18.9 Å². The highest BCUT2D eigenvalue weighted by atomic mass is 19.4. The van der Waals surface area contributed by atoms with E-state index in [9.17, 15) is 13.2 Å². The van der Waals surface area contributed by atoms with Crippen molar-refractivity contribution in [2.24, 2.45) is 0 Å². The van der Waals surface area contributed by atoms with Crippen molar-refractivity contribution in [3.8, 4) is 11.5 Å². The molecule has 1 aromatic rings. The quantitative estimate of drug-likeness (QED) is 0.808. The van der Waals surface area contributed by atoms with Crippen LogP contribution in [0.2, 0.25) is 0 Å². The highest BCUT2D eigenvalue weighted by Gasteiger charge is 2.35. The van der Waals surface area contributed by atoms with E-state index in [2.05, 4.69) is 5.32 Å². The summed E-state index contributed by atoms with van der Waals surface area (Å²) < 4.78 is 47.8. The molecule has 0 aromatic heterocycles. The number of rotatable bonds is 1. The number of ether oxygens (including phenoxy) is 2. The molecule has 6 heteroatoms. The largest absolute Gasteiger partial charge is 0.496 e. The molecule has 0 unspecified atom stereocenters. The summed E-state index contributed by atoms with van der Waals surface area (Å²) in [5.74, 6) is 0.00336. The van der Waals surface area contributed by atoms with Crippen LogP contribution in [0.5, 0.6) is 11.5 Å². The van der Waals surface area contributed by atoms with Crippen LogP contribution in [0.25, 0.3) is 0 Å². The van der Waals surface area contributed by atoms with Gasteiger partial charge in [-0.2, -0.15) is 13.2 Å². The topological polar surface area (TPSA) is 30.5 Å². The van der Waals surface area contributed by atoms with Gasteiger partial charge in [-0.3, -0.25) is 0 Å². The molecule has 1 N–H and O–H groups in total. The third-order valence-electron chi connectivity index (χ3n) is 2.28. The first-order chi connectivity index (χ1) is 7.52. The van der Waals surface area contributed by atoms with Crippen LogP contribution in [0.15, 0.2) is 12.1 Å². The van der Waals surface area contributed by atoms with E-state index in [4.69, 9.17) is 9.47 Å². The van der Waals surface area contributed by atoms with E-state index in [1.54, 1.807) is 0 Å². The van der Waals surface area contributed by atoms with E-state index < -0.39 is 11.7 Å². The molecule has 0 fully saturated rings. The van der Waals surface area contributed by atoms with Crippen molar-refractivity contribution in [1.82, 2.24) is 0 Å². The van der Waals surface area contributed by atoms with Crippen molar-refractivity contribution in [1.29, 1.82) is 0 Å². The molecule has 1 aliphatic rings. The Morgan fingerprint density at radius 2 is 2.12 bits per heavy atom. The van der Waals surface area contributed by atoms with Gasteiger partial charge in [-0.25, -0.2) is 0 Å². The Morgan fingerprint density at radius 1 is 1.38 bits per heavy atom. The molecule has 0 amide bonds. The predicted octanol–water partition coefficient (Wildman–Crippen LogP) is 2.52. The molecule has 88 valence electrons. The monoisotopic (exact) mass is 233 g/mol. The highest BCUT2D eigenvalue weighted by molar-refractivity contribution is 5.63. The predicted molar refractivity (Wildman–Crippen MR) is 52.0 cm³/mol. The second-order valence-electron chi connectivity index (χ2n) is 3.32. The number of alkyl halides is 3. The minimum atomic E-state index is -4.44. The molecule has 0 bridgehead atoms. The summed E-state index contributed by atoms with van der Waals surface area (Å²) in [6, 6.07) is 2.26. The summed E-state index contributed by atoms with van der Waals surface area (Å²) in [5.41, 5.74) is -0.298. The molecule has 0 atom stereocenters. The molecule has 0 radical (unpaired) electrons. The van der Waals surface area contributed by atoms with Crippen LogP contribution >= 0.6 is 0 Å². The first-order valence-corrected chi connectivity index (χ1v) is 4.68. The lowest BCUT2D eigenvalue weighted by Crippen LogP contribution is -2.19. The summed E-state index contributed by atoms with van der Waals surface area (Å²) in [6.45, 7) is 0.929. The minimum absolute atomic E-state index is 0.204. The van der Waals surface area contributed by atoms with E-state index in [0.29, 0.717) is 18.8 Å². The van der Waals surface area contributed by atoms with Gasteiger partial charge in [0.2, 0.25) is 0 Å². The molecule has 2 rings (SSSR count). The Kier molecular flexibility index (Phi) is 2.57. The van der Waals surface area contributed by atoms with Gasteiger partial charge in [0.15, 0.2) is 0 Å². The molecular weight excluding hydrogens is 223 g/mol. The van der Waals surface area contributed by atoms with E-state index in [1.807, 2.05) is 0 Å². The third kappa shape index (κ3) is 1.87. The van der Waals surface area contributed by atoms with Crippen molar-refractivity contribution < 1.29 is 22.6 Å². The van der Waals surface area contributed by atoms with E-state index in [1.165, 1.54) is 13.2 Å². The molecule has 1 aliphatic heterocycles. The SMILES string of the molecule is COc1cc2c(cc1C(F)(F)F)OCCN2. The van der Waals surface area contributed by atoms with E-state index in [0.717, 1.165) is 6.07 Å². The maximum Gasteiger partial charge on any atom is 0.420 e. The maximum absolute atomic E-state index is 12.6. The second-order valence-corrected chi connectivity index (χ2v) is 3.32. The first kappa shape index (κ1) is 10.9. The summed E-state index contributed by atoms with van der Waals surface area (Å²) in [7, 11) is 1.21. The number of halogens is 3. The Labute approximate surface area is 90.2 Å². The molecule has 16 heavy (non-hydrogen) atoms. The van der Waals surface area contributed by atoms with Crippen LogP contribution in [0.1, 0.15) is 5.56 Å². The zero-order chi connectivity index (χ0) is 11.8. The lowest BCUT2D eigenvalue weighted by molar-refractivity contribution is -0.138. The van der Waals surface area contributed by atoms with Crippen LogP contribution in [-0.2, 0) is 6.18 Å². The number of fused-ring (bicyclic) bond motifs is 1. The van der Waals surface area contributed by atoms with Gasteiger partial charge >= 0.3 is 6.18 Å². The fourth-order valence-corrected chi connectivity index (χ4v) is 1.55. The maximum atomic E-state index is 12.6. The molecule has 0 spiro atoms. The lowest BCUT2D eigenvalue weighted by Gasteiger charge is -2.22. The summed E-state index contributed by atoms with van der Waals surface area (Å²) in [5, 5.41) is 2.94. The Bertz CT molecular complexity index is 404.